The summed E-state index contributed by atoms with van der Waals surface area (Å²) in [4.78, 5) is 15.8. The highest BCUT2D eigenvalue weighted by Gasteiger charge is 2.14. The van der Waals surface area contributed by atoms with Crippen molar-refractivity contribution in [2.75, 3.05) is 14.2 Å². The molecule has 0 radical (unpaired) electrons. The van der Waals surface area contributed by atoms with Gasteiger partial charge in [0.05, 0.1) is 19.9 Å². The number of pyridine rings is 1. The molecular formula is C18H14ClNO3. The Morgan fingerprint density at radius 1 is 1.00 bits per heavy atom. The van der Waals surface area contributed by atoms with Crippen LogP contribution in [0.25, 0.3) is 22.0 Å². The van der Waals surface area contributed by atoms with Crippen molar-refractivity contribution in [2.24, 2.45) is 0 Å². The number of fused-ring (bicyclic) bond motifs is 1. The van der Waals surface area contributed by atoms with E-state index in [0.717, 1.165) is 28.3 Å². The van der Waals surface area contributed by atoms with Gasteiger partial charge in [0.25, 0.3) is 0 Å². The fraction of sp³-hybridized carbons (Fsp3) is 0.111. The van der Waals surface area contributed by atoms with E-state index in [1.807, 2.05) is 18.2 Å². The Morgan fingerprint density at radius 2 is 1.61 bits per heavy atom. The van der Waals surface area contributed by atoms with Crippen LogP contribution in [0.4, 0.5) is 0 Å². The van der Waals surface area contributed by atoms with E-state index in [4.69, 9.17) is 21.1 Å². The van der Waals surface area contributed by atoms with Crippen LogP contribution in [0.5, 0.6) is 11.5 Å². The molecule has 0 saturated heterocycles. The number of ether oxygens (including phenoxy) is 2. The van der Waals surface area contributed by atoms with Gasteiger partial charge in [0.15, 0.2) is 17.8 Å². The number of hydrogen-bond acceptors (Lipinski definition) is 4. The SMILES string of the molecule is COc1cc2c(C=O)cnc(-c3ccc(Cl)cc3)c2cc1OC. The van der Waals surface area contributed by atoms with Gasteiger partial charge in [-0.25, -0.2) is 0 Å². The van der Waals surface area contributed by atoms with Gasteiger partial charge < -0.3 is 9.47 Å². The summed E-state index contributed by atoms with van der Waals surface area (Å²) in [5, 5.41) is 2.23. The summed E-state index contributed by atoms with van der Waals surface area (Å²) in [6, 6.07) is 11.0. The lowest BCUT2D eigenvalue weighted by Gasteiger charge is -2.13. The first kappa shape index (κ1) is 15.3. The Balaban J connectivity index is 2.34. The van der Waals surface area contributed by atoms with Crippen molar-refractivity contribution >= 4 is 28.7 Å². The molecule has 23 heavy (non-hydrogen) atoms. The summed E-state index contributed by atoms with van der Waals surface area (Å²) >= 11 is 5.95. The molecule has 0 fully saturated rings. The molecule has 116 valence electrons. The van der Waals surface area contributed by atoms with Crippen LogP contribution < -0.4 is 9.47 Å². The van der Waals surface area contributed by atoms with E-state index in [1.165, 1.54) is 0 Å². The van der Waals surface area contributed by atoms with E-state index in [0.29, 0.717) is 22.1 Å². The number of carbonyl (C=O) groups is 1. The number of aromatic nitrogens is 1. The molecule has 4 nitrogen and oxygen atoms in total. The minimum absolute atomic E-state index is 0.499. The van der Waals surface area contributed by atoms with E-state index in [2.05, 4.69) is 4.98 Å². The largest absolute Gasteiger partial charge is 0.493 e. The Kier molecular flexibility index (Phi) is 4.17. The second-order valence-electron chi connectivity index (χ2n) is 4.94. The quantitative estimate of drug-likeness (QED) is 0.667. The van der Waals surface area contributed by atoms with Gasteiger partial charge in [-0.1, -0.05) is 23.7 Å². The van der Waals surface area contributed by atoms with Crippen LogP contribution in [0.1, 0.15) is 10.4 Å². The third-order valence-corrected chi connectivity index (χ3v) is 3.92. The molecule has 1 heterocycles. The summed E-state index contributed by atoms with van der Waals surface area (Å²) < 4.78 is 10.7. The monoisotopic (exact) mass is 327 g/mol. The Labute approximate surface area is 138 Å². The molecular weight excluding hydrogens is 314 g/mol. The second-order valence-corrected chi connectivity index (χ2v) is 5.38. The highest BCUT2D eigenvalue weighted by molar-refractivity contribution is 6.30. The zero-order chi connectivity index (χ0) is 16.4. The average Bonchev–Trinajstić information content (AvgIpc) is 2.60. The predicted octanol–water partition coefficient (Wildman–Crippen LogP) is 4.38. The normalized spacial score (nSPS) is 10.6. The van der Waals surface area contributed by atoms with Crippen LogP contribution >= 0.6 is 11.6 Å². The van der Waals surface area contributed by atoms with Crippen LogP contribution in [-0.2, 0) is 0 Å². The van der Waals surface area contributed by atoms with Gasteiger partial charge in [0, 0.05) is 27.7 Å². The molecule has 3 rings (SSSR count). The summed E-state index contributed by atoms with van der Waals surface area (Å²) in [7, 11) is 3.13. The molecule has 0 N–H and O–H groups in total. The summed E-state index contributed by atoms with van der Waals surface area (Å²) in [5.74, 6) is 1.15. The third kappa shape index (κ3) is 2.73. The number of nitrogens with zero attached hydrogens (tertiary/aromatic N) is 1. The first-order valence-corrected chi connectivity index (χ1v) is 7.31. The van der Waals surface area contributed by atoms with Crippen LogP contribution in [0.2, 0.25) is 5.02 Å². The highest BCUT2D eigenvalue weighted by atomic mass is 35.5. The molecule has 2 aromatic carbocycles. The highest BCUT2D eigenvalue weighted by Crippen LogP contribution is 2.37. The Morgan fingerprint density at radius 3 is 2.17 bits per heavy atom. The third-order valence-electron chi connectivity index (χ3n) is 3.67. The number of rotatable bonds is 4. The first-order chi connectivity index (χ1) is 11.2. The maximum atomic E-state index is 11.3. The van der Waals surface area contributed by atoms with Gasteiger partial charge in [0.2, 0.25) is 0 Å². The van der Waals surface area contributed by atoms with E-state index >= 15 is 0 Å². The minimum atomic E-state index is 0.499. The molecule has 0 aliphatic rings. The average molecular weight is 328 g/mol. The number of methoxy groups -OCH3 is 2. The first-order valence-electron chi connectivity index (χ1n) is 6.93. The fourth-order valence-corrected chi connectivity index (χ4v) is 2.64. The number of hydrogen-bond donors (Lipinski definition) is 0. The molecule has 3 aromatic rings. The Bertz CT molecular complexity index is 876. The predicted molar refractivity (Wildman–Crippen MR) is 90.7 cm³/mol. The lowest BCUT2D eigenvalue weighted by molar-refractivity contribution is 0.112. The molecule has 0 aliphatic carbocycles. The topological polar surface area (TPSA) is 48.4 Å². The Hall–Kier alpha value is -2.59. The molecule has 0 unspecified atom stereocenters. The zero-order valence-electron chi connectivity index (χ0n) is 12.7. The zero-order valence-corrected chi connectivity index (χ0v) is 13.4. The molecule has 0 amide bonds. The van der Waals surface area contributed by atoms with E-state index < -0.39 is 0 Å². The second kappa shape index (κ2) is 6.26. The summed E-state index contributed by atoms with van der Waals surface area (Å²) in [6.45, 7) is 0. The summed E-state index contributed by atoms with van der Waals surface area (Å²) in [5.41, 5.74) is 2.16. The van der Waals surface area contributed by atoms with Crippen LogP contribution in [0, 0.1) is 0 Å². The van der Waals surface area contributed by atoms with Crippen LogP contribution in [0.15, 0.2) is 42.6 Å². The van der Waals surface area contributed by atoms with Gasteiger partial charge in [-0.05, 0) is 29.7 Å². The van der Waals surface area contributed by atoms with Gasteiger partial charge in [-0.2, -0.15) is 0 Å². The molecule has 5 heteroatoms. The van der Waals surface area contributed by atoms with E-state index in [-0.39, 0.29) is 0 Å². The molecule has 0 aliphatic heterocycles. The molecule has 1 aromatic heterocycles. The van der Waals surface area contributed by atoms with E-state index in [9.17, 15) is 4.79 Å². The van der Waals surface area contributed by atoms with Crippen molar-refractivity contribution in [1.29, 1.82) is 0 Å². The lowest BCUT2D eigenvalue weighted by Crippen LogP contribution is -1.95. The van der Waals surface area contributed by atoms with E-state index in [1.54, 1.807) is 38.6 Å². The molecule has 0 bridgehead atoms. The number of halogens is 1. The van der Waals surface area contributed by atoms with Crippen molar-refractivity contribution in [3.63, 3.8) is 0 Å². The van der Waals surface area contributed by atoms with Crippen molar-refractivity contribution < 1.29 is 14.3 Å². The van der Waals surface area contributed by atoms with Crippen LogP contribution in [-0.4, -0.2) is 25.5 Å². The maximum Gasteiger partial charge on any atom is 0.161 e. The van der Waals surface area contributed by atoms with Crippen molar-refractivity contribution in [3.05, 3.63) is 53.2 Å². The maximum absolute atomic E-state index is 11.3. The summed E-state index contributed by atoms with van der Waals surface area (Å²) in [6.07, 6.45) is 2.35. The van der Waals surface area contributed by atoms with Gasteiger partial charge in [-0.3, -0.25) is 9.78 Å². The number of benzene rings is 2. The number of aldehydes is 1. The molecule has 0 atom stereocenters. The van der Waals surface area contributed by atoms with Crippen LogP contribution in [0.3, 0.4) is 0 Å². The van der Waals surface area contributed by atoms with Crippen molar-refractivity contribution in [3.8, 4) is 22.8 Å². The van der Waals surface area contributed by atoms with Gasteiger partial charge in [-0.15, -0.1) is 0 Å². The van der Waals surface area contributed by atoms with Crippen molar-refractivity contribution in [2.45, 2.75) is 0 Å². The molecule has 0 spiro atoms. The minimum Gasteiger partial charge on any atom is -0.493 e. The standard InChI is InChI=1S/C18H14ClNO3/c1-22-16-7-14-12(10-21)9-20-18(15(14)8-17(16)23-2)11-3-5-13(19)6-4-11/h3-10H,1-2H3. The van der Waals surface area contributed by atoms with Gasteiger partial charge in [0.1, 0.15) is 0 Å². The smallest absolute Gasteiger partial charge is 0.161 e. The van der Waals surface area contributed by atoms with Gasteiger partial charge >= 0.3 is 0 Å². The number of carbonyl (C=O) groups excluding carboxylic acids is 1. The molecule has 0 saturated carbocycles. The fourth-order valence-electron chi connectivity index (χ4n) is 2.52. The van der Waals surface area contributed by atoms with Crippen molar-refractivity contribution in [1.82, 2.24) is 4.98 Å². The lowest BCUT2D eigenvalue weighted by atomic mass is 10.0.